The van der Waals surface area contributed by atoms with E-state index in [1.807, 2.05) is 23.5 Å². The molecule has 20 heavy (non-hydrogen) atoms. The van der Waals surface area contributed by atoms with Crippen molar-refractivity contribution in [2.75, 3.05) is 5.73 Å². The first-order chi connectivity index (χ1) is 9.47. The number of aromatic nitrogens is 2. The van der Waals surface area contributed by atoms with Gasteiger partial charge in [-0.1, -0.05) is 23.2 Å². The van der Waals surface area contributed by atoms with Gasteiger partial charge in [-0.2, -0.15) is 0 Å². The normalized spacial score (nSPS) is 11.2. The lowest BCUT2D eigenvalue weighted by atomic mass is 10.1. The third-order valence-electron chi connectivity index (χ3n) is 3.13. The molecule has 0 aliphatic heterocycles. The summed E-state index contributed by atoms with van der Waals surface area (Å²) in [5.41, 5.74) is 9.49. The van der Waals surface area contributed by atoms with Crippen molar-refractivity contribution in [3.63, 3.8) is 0 Å². The van der Waals surface area contributed by atoms with Gasteiger partial charge >= 0.3 is 0 Å². The maximum Gasteiger partial charge on any atom is 0.139 e. The highest BCUT2D eigenvalue weighted by Gasteiger charge is 2.14. The van der Waals surface area contributed by atoms with Gasteiger partial charge in [-0.05, 0) is 53.2 Å². The van der Waals surface area contributed by atoms with E-state index in [9.17, 15) is 0 Å². The Hall–Kier alpha value is -1.23. The van der Waals surface area contributed by atoms with Crippen LogP contribution < -0.4 is 5.73 Å². The smallest absolute Gasteiger partial charge is 0.139 e. The SMILES string of the molecule is Cc1c(Br)ccc2nc(-c3cc(Cl)cc(Cl)c3)c(N)n12. The highest BCUT2D eigenvalue weighted by Crippen LogP contribution is 2.32. The molecule has 2 N–H and O–H groups in total. The van der Waals surface area contributed by atoms with E-state index in [0.29, 0.717) is 21.6 Å². The number of halogens is 3. The minimum absolute atomic E-state index is 0.557. The number of anilines is 1. The Balaban J connectivity index is 2.32. The number of rotatable bonds is 1. The van der Waals surface area contributed by atoms with Crippen LogP contribution in [-0.2, 0) is 0 Å². The van der Waals surface area contributed by atoms with E-state index in [-0.39, 0.29) is 0 Å². The van der Waals surface area contributed by atoms with Crippen LogP contribution in [0.15, 0.2) is 34.8 Å². The largest absolute Gasteiger partial charge is 0.383 e. The number of nitrogen functional groups attached to an aromatic ring is 1. The summed E-state index contributed by atoms with van der Waals surface area (Å²) in [5, 5.41) is 1.11. The standard InChI is InChI=1S/C14H10BrCl2N3/c1-7-11(15)2-3-12-19-13(14(18)20(7)12)8-4-9(16)6-10(17)5-8/h2-6H,18H2,1H3. The third-order valence-corrected chi connectivity index (χ3v) is 4.41. The van der Waals surface area contributed by atoms with Crippen LogP contribution in [0.1, 0.15) is 5.69 Å². The quantitative estimate of drug-likeness (QED) is 0.657. The number of nitrogens with zero attached hydrogens (tertiary/aromatic N) is 2. The summed E-state index contributed by atoms with van der Waals surface area (Å²) in [5.74, 6) is 0.567. The first kappa shape index (κ1) is 13.7. The van der Waals surface area contributed by atoms with Gasteiger partial charge in [0, 0.05) is 25.8 Å². The fraction of sp³-hybridized carbons (Fsp3) is 0.0714. The maximum absolute atomic E-state index is 6.23. The minimum atomic E-state index is 0.557. The van der Waals surface area contributed by atoms with Crippen molar-refractivity contribution in [1.82, 2.24) is 9.38 Å². The first-order valence-electron chi connectivity index (χ1n) is 5.87. The van der Waals surface area contributed by atoms with E-state index in [4.69, 9.17) is 28.9 Å². The molecule has 0 fully saturated rings. The summed E-state index contributed by atoms with van der Waals surface area (Å²) < 4.78 is 2.87. The van der Waals surface area contributed by atoms with Crippen molar-refractivity contribution < 1.29 is 0 Å². The van der Waals surface area contributed by atoms with E-state index in [0.717, 1.165) is 21.4 Å². The van der Waals surface area contributed by atoms with Crippen LogP contribution in [-0.4, -0.2) is 9.38 Å². The number of fused-ring (bicyclic) bond motifs is 1. The summed E-state index contributed by atoms with van der Waals surface area (Å²) >= 11 is 15.6. The second-order valence-corrected chi connectivity index (χ2v) is 6.19. The van der Waals surface area contributed by atoms with Gasteiger partial charge in [0.1, 0.15) is 17.2 Å². The van der Waals surface area contributed by atoms with Gasteiger partial charge in [-0.25, -0.2) is 4.98 Å². The van der Waals surface area contributed by atoms with Crippen LogP contribution in [0.3, 0.4) is 0 Å². The number of aryl methyl sites for hydroxylation is 1. The van der Waals surface area contributed by atoms with Gasteiger partial charge < -0.3 is 5.73 Å². The molecule has 0 saturated carbocycles. The average molecular weight is 371 g/mol. The van der Waals surface area contributed by atoms with Crippen molar-refractivity contribution in [2.24, 2.45) is 0 Å². The zero-order valence-corrected chi connectivity index (χ0v) is 13.6. The Morgan fingerprint density at radius 1 is 1.15 bits per heavy atom. The van der Waals surface area contributed by atoms with Crippen LogP contribution in [0.5, 0.6) is 0 Å². The molecule has 0 unspecified atom stereocenters. The predicted octanol–water partition coefficient (Wildman–Crippen LogP) is 4.96. The number of nitrogens with two attached hydrogens (primary N) is 1. The van der Waals surface area contributed by atoms with Crippen molar-refractivity contribution >= 4 is 50.6 Å². The molecule has 0 spiro atoms. The molecule has 0 radical (unpaired) electrons. The van der Waals surface area contributed by atoms with Gasteiger partial charge in [-0.15, -0.1) is 0 Å². The Kier molecular flexibility index (Phi) is 3.40. The Morgan fingerprint density at radius 3 is 2.45 bits per heavy atom. The molecule has 0 bridgehead atoms. The lowest BCUT2D eigenvalue weighted by Crippen LogP contribution is -1.98. The number of hydrogen-bond donors (Lipinski definition) is 1. The predicted molar refractivity (Wildman–Crippen MR) is 87.5 cm³/mol. The van der Waals surface area contributed by atoms with Crippen molar-refractivity contribution in [1.29, 1.82) is 0 Å². The molecule has 1 aromatic carbocycles. The molecule has 2 aromatic heterocycles. The molecule has 6 heteroatoms. The number of benzene rings is 1. The molecule has 3 nitrogen and oxygen atoms in total. The van der Waals surface area contributed by atoms with E-state index in [1.54, 1.807) is 18.2 Å². The van der Waals surface area contributed by atoms with Crippen LogP contribution in [0.2, 0.25) is 10.0 Å². The van der Waals surface area contributed by atoms with Gasteiger partial charge in [0.25, 0.3) is 0 Å². The summed E-state index contributed by atoms with van der Waals surface area (Å²) in [7, 11) is 0. The highest BCUT2D eigenvalue weighted by molar-refractivity contribution is 9.10. The molecule has 102 valence electrons. The van der Waals surface area contributed by atoms with Crippen LogP contribution in [0.4, 0.5) is 5.82 Å². The van der Waals surface area contributed by atoms with Gasteiger partial charge in [0.05, 0.1) is 0 Å². The summed E-state index contributed by atoms with van der Waals surface area (Å²) in [6, 6.07) is 9.14. The molecule has 0 amide bonds. The average Bonchev–Trinajstić information content (AvgIpc) is 2.71. The minimum Gasteiger partial charge on any atom is -0.383 e. The van der Waals surface area contributed by atoms with Crippen LogP contribution >= 0.6 is 39.1 Å². The van der Waals surface area contributed by atoms with E-state index < -0.39 is 0 Å². The fourth-order valence-electron chi connectivity index (χ4n) is 2.19. The number of hydrogen-bond acceptors (Lipinski definition) is 2. The third kappa shape index (κ3) is 2.18. The van der Waals surface area contributed by atoms with Gasteiger partial charge in [0.2, 0.25) is 0 Å². The Morgan fingerprint density at radius 2 is 1.80 bits per heavy atom. The molecule has 2 heterocycles. The van der Waals surface area contributed by atoms with Crippen molar-refractivity contribution in [3.05, 3.63) is 50.5 Å². The molecule has 0 saturated heterocycles. The Bertz CT molecular complexity index is 807. The lowest BCUT2D eigenvalue weighted by molar-refractivity contribution is 1.09. The fourth-order valence-corrected chi connectivity index (χ4v) is 3.03. The van der Waals surface area contributed by atoms with Gasteiger partial charge in [0.15, 0.2) is 0 Å². The van der Waals surface area contributed by atoms with Crippen LogP contribution in [0.25, 0.3) is 16.9 Å². The first-order valence-corrected chi connectivity index (χ1v) is 7.42. The van der Waals surface area contributed by atoms with Crippen LogP contribution in [0, 0.1) is 6.92 Å². The monoisotopic (exact) mass is 369 g/mol. The van der Waals surface area contributed by atoms with Gasteiger partial charge in [-0.3, -0.25) is 4.40 Å². The molecule has 0 aliphatic rings. The molecule has 3 rings (SSSR count). The molecular formula is C14H10BrCl2N3. The zero-order valence-electron chi connectivity index (χ0n) is 10.5. The van der Waals surface area contributed by atoms with E-state index in [2.05, 4.69) is 20.9 Å². The second-order valence-electron chi connectivity index (χ2n) is 4.46. The lowest BCUT2D eigenvalue weighted by Gasteiger charge is -2.05. The molecule has 3 aromatic rings. The van der Waals surface area contributed by atoms with Crippen molar-refractivity contribution in [2.45, 2.75) is 6.92 Å². The highest BCUT2D eigenvalue weighted by atomic mass is 79.9. The number of pyridine rings is 1. The van der Waals surface area contributed by atoms with E-state index >= 15 is 0 Å². The zero-order chi connectivity index (χ0) is 14.4. The Labute approximate surface area is 134 Å². The summed E-state index contributed by atoms with van der Waals surface area (Å²) in [6.07, 6.45) is 0. The van der Waals surface area contributed by atoms with E-state index in [1.165, 1.54) is 0 Å². The number of imidazole rings is 1. The topological polar surface area (TPSA) is 43.3 Å². The summed E-state index contributed by atoms with van der Waals surface area (Å²) in [6.45, 7) is 1.98. The second kappa shape index (κ2) is 4.95. The molecule has 0 atom stereocenters. The summed E-state index contributed by atoms with van der Waals surface area (Å²) in [4.78, 5) is 4.57. The molecular weight excluding hydrogens is 361 g/mol. The molecule has 0 aliphatic carbocycles. The van der Waals surface area contributed by atoms with Crippen molar-refractivity contribution in [3.8, 4) is 11.3 Å². The maximum atomic E-state index is 6.23.